The van der Waals surface area contributed by atoms with Gasteiger partial charge in [-0.05, 0) is 12.8 Å². The predicted molar refractivity (Wildman–Crippen MR) is 48.5 cm³/mol. The van der Waals surface area contributed by atoms with Crippen LogP contribution in [-0.4, -0.2) is 38.4 Å². The van der Waals surface area contributed by atoms with E-state index in [1.54, 1.807) is 7.11 Å². The highest BCUT2D eigenvalue weighted by atomic mass is 16.5. The van der Waals surface area contributed by atoms with E-state index in [-0.39, 0.29) is 12.1 Å². The van der Waals surface area contributed by atoms with Crippen LogP contribution in [-0.2, 0) is 14.3 Å². The van der Waals surface area contributed by atoms with E-state index >= 15 is 0 Å². The summed E-state index contributed by atoms with van der Waals surface area (Å²) in [5, 5.41) is 3.27. The Balaban J connectivity index is 2.18. The van der Waals surface area contributed by atoms with E-state index in [0.717, 1.165) is 26.0 Å². The van der Waals surface area contributed by atoms with E-state index in [9.17, 15) is 4.79 Å². The smallest absolute Gasteiger partial charge is 0.302 e. The van der Waals surface area contributed by atoms with Crippen molar-refractivity contribution >= 4 is 5.97 Å². The van der Waals surface area contributed by atoms with E-state index in [4.69, 9.17) is 9.47 Å². The summed E-state index contributed by atoms with van der Waals surface area (Å²) < 4.78 is 10.1. The first-order valence-corrected chi connectivity index (χ1v) is 4.62. The highest BCUT2D eigenvalue weighted by Crippen LogP contribution is 2.11. The van der Waals surface area contributed by atoms with Crippen LogP contribution in [0.15, 0.2) is 0 Å². The van der Waals surface area contributed by atoms with Crippen LogP contribution in [0.4, 0.5) is 0 Å². The van der Waals surface area contributed by atoms with Gasteiger partial charge in [-0.15, -0.1) is 0 Å². The molecule has 0 aromatic heterocycles. The number of esters is 1. The summed E-state index contributed by atoms with van der Waals surface area (Å²) in [5.74, 6) is -0.197. The number of methoxy groups -OCH3 is 1. The lowest BCUT2D eigenvalue weighted by atomic mass is 10.0. The van der Waals surface area contributed by atoms with Gasteiger partial charge in [-0.25, -0.2) is 0 Å². The Labute approximate surface area is 78.6 Å². The van der Waals surface area contributed by atoms with Gasteiger partial charge in [0.1, 0.15) is 6.10 Å². The zero-order valence-corrected chi connectivity index (χ0v) is 8.21. The molecule has 13 heavy (non-hydrogen) atoms. The van der Waals surface area contributed by atoms with Crippen molar-refractivity contribution in [1.29, 1.82) is 0 Å². The average molecular weight is 187 g/mol. The maximum absolute atomic E-state index is 10.6. The Morgan fingerprint density at radius 1 is 1.54 bits per heavy atom. The zero-order valence-electron chi connectivity index (χ0n) is 8.21. The Hall–Kier alpha value is -0.610. The maximum atomic E-state index is 10.6. The summed E-state index contributed by atoms with van der Waals surface area (Å²) in [6.45, 7) is 2.92. The molecule has 4 heteroatoms. The van der Waals surface area contributed by atoms with Gasteiger partial charge in [0.15, 0.2) is 0 Å². The molecule has 0 aliphatic carbocycles. The lowest BCUT2D eigenvalue weighted by Crippen LogP contribution is -2.45. The van der Waals surface area contributed by atoms with Gasteiger partial charge in [0, 0.05) is 26.6 Å². The van der Waals surface area contributed by atoms with Gasteiger partial charge in [0.25, 0.3) is 0 Å². The maximum Gasteiger partial charge on any atom is 0.302 e. The minimum absolute atomic E-state index is 0.0469. The Morgan fingerprint density at radius 3 is 2.77 bits per heavy atom. The van der Waals surface area contributed by atoms with Crippen molar-refractivity contribution in [2.45, 2.75) is 31.9 Å². The zero-order chi connectivity index (χ0) is 9.68. The minimum atomic E-state index is -0.197. The summed E-state index contributed by atoms with van der Waals surface area (Å²) in [7, 11) is 1.69. The molecule has 0 amide bonds. The van der Waals surface area contributed by atoms with E-state index in [0.29, 0.717) is 6.04 Å². The Kier molecular flexibility index (Phi) is 4.18. The number of carbonyl (C=O) groups is 1. The number of piperidine rings is 1. The first-order valence-electron chi connectivity index (χ1n) is 4.62. The van der Waals surface area contributed by atoms with Crippen molar-refractivity contribution in [3.63, 3.8) is 0 Å². The fraction of sp³-hybridized carbons (Fsp3) is 0.889. The lowest BCUT2D eigenvalue weighted by molar-refractivity contribution is -0.147. The van der Waals surface area contributed by atoms with Gasteiger partial charge in [-0.2, -0.15) is 0 Å². The largest absolute Gasteiger partial charge is 0.461 e. The molecule has 1 saturated heterocycles. The monoisotopic (exact) mass is 187 g/mol. The summed E-state index contributed by atoms with van der Waals surface area (Å²) in [6, 6.07) is 0.414. The third-order valence-corrected chi connectivity index (χ3v) is 2.17. The molecule has 0 saturated carbocycles. The number of rotatable bonds is 3. The number of hydrogen-bond acceptors (Lipinski definition) is 4. The van der Waals surface area contributed by atoms with Crippen LogP contribution in [0.1, 0.15) is 19.8 Å². The number of hydrogen-bond donors (Lipinski definition) is 1. The number of ether oxygens (including phenoxy) is 2. The van der Waals surface area contributed by atoms with Crippen molar-refractivity contribution in [2.75, 3.05) is 20.3 Å². The quantitative estimate of drug-likeness (QED) is 0.646. The van der Waals surface area contributed by atoms with Crippen LogP contribution < -0.4 is 5.32 Å². The second-order valence-electron chi connectivity index (χ2n) is 3.37. The predicted octanol–water partition coefficient (Wildman–Crippen LogP) is 0.317. The van der Waals surface area contributed by atoms with Crippen molar-refractivity contribution in [3.8, 4) is 0 Å². The Bertz CT molecular complexity index is 164. The van der Waals surface area contributed by atoms with Crippen LogP contribution >= 0.6 is 0 Å². The molecule has 2 atom stereocenters. The van der Waals surface area contributed by atoms with E-state index in [2.05, 4.69) is 5.32 Å². The van der Waals surface area contributed by atoms with Crippen LogP contribution in [0.25, 0.3) is 0 Å². The highest BCUT2D eigenvalue weighted by Gasteiger charge is 2.21. The van der Waals surface area contributed by atoms with Gasteiger partial charge < -0.3 is 14.8 Å². The van der Waals surface area contributed by atoms with Crippen LogP contribution in [0.3, 0.4) is 0 Å². The van der Waals surface area contributed by atoms with Crippen molar-refractivity contribution in [3.05, 3.63) is 0 Å². The normalized spacial score (nSPS) is 28.5. The van der Waals surface area contributed by atoms with Crippen molar-refractivity contribution in [2.24, 2.45) is 0 Å². The van der Waals surface area contributed by atoms with Gasteiger partial charge in [-0.1, -0.05) is 0 Å². The van der Waals surface area contributed by atoms with E-state index in [1.165, 1.54) is 6.92 Å². The van der Waals surface area contributed by atoms with Crippen molar-refractivity contribution in [1.82, 2.24) is 5.32 Å². The molecule has 4 nitrogen and oxygen atoms in total. The fourth-order valence-electron chi connectivity index (χ4n) is 1.57. The van der Waals surface area contributed by atoms with Gasteiger partial charge in [0.2, 0.25) is 0 Å². The van der Waals surface area contributed by atoms with E-state index in [1.807, 2.05) is 0 Å². The Morgan fingerprint density at radius 2 is 2.31 bits per heavy atom. The lowest BCUT2D eigenvalue weighted by Gasteiger charge is -2.28. The molecular formula is C9H17NO3. The SMILES string of the molecule is COCC1CCC(OC(C)=O)CN1. The van der Waals surface area contributed by atoms with Gasteiger partial charge >= 0.3 is 5.97 Å². The number of nitrogens with one attached hydrogen (secondary N) is 1. The number of carbonyl (C=O) groups excluding carboxylic acids is 1. The molecule has 0 bridgehead atoms. The second-order valence-corrected chi connectivity index (χ2v) is 3.37. The molecule has 1 fully saturated rings. The molecule has 1 heterocycles. The third-order valence-electron chi connectivity index (χ3n) is 2.17. The van der Waals surface area contributed by atoms with Gasteiger partial charge in [-0.3, -0.25) is 4.79 Å². The summed E-state index contributed by atoms with van der Waals surface area (Å²) >= 11 is 0. The van der Waals surface area contributed by atoms with Gasteiger partial charge in [0.05, 0.1) is 6.61 Å². The first kappa shape index (κ1) is 10.5. The molecule has 1 aliphatic rings. The van der Waals surface area contributed by atoms with Crippen LogP contribution in [0.2, 0.25) is 0 Å². The molecular weight excluding hydrogens is 170 g/mol. The minimum Gasteiger partial charge on any atom is -0.461 e. The fourth-order valence-corrected chi connectivity index (χ4v) is 1.57. The molecule has 0 radical (unpaired) electrons. The molecule has 76 valence electrons. The summed E-state index contributed by atoms with van der Waals surface area (Å²) in [6.07, 6.45) is 1.98. The molecule has 1 N–H and O–H groups in total. The molecule has 0 aromatic rings. The standard InChI is InChI=1S/C9H17NO3/c1-7(11)13-9-4-3-8(6-12-2)10-5-9/h8-10H,3-6H2,1-2H3. The first-order chi connectivity index (χ1) is 6.22. The second kappa shape index (κ2) is 5.19. The van der Waals surface area contributed by atoms with E-state index < -0.39 is 0 Å². The molecule has 0 spiro atoms. The van der Waals surface area contributed by atoms with Crippen LogP contribution in [0.5, 0.6) is 0 Å². The molecule has 2 unspecified atom stereocenters. The topological polar surface area (TPSA) is 47.6 Å². The van der Waals surface area contributed by atoms with Crippen LogP contribution in [0, 0.1) is 0 Å². The highest BCUT2D eigenvalue weighted by molar-refractivity contribution is 5.66. The average Bonchev–Trinajstić information content (AvgIpc) is 2.08. The molecule has 0 aromatic carbocycles. The van der Waals surface area contributed by atoms with Crippen molar-refractivity contribution < 1.29 is 14.3 Å². The third kappa shape index (κ3) is 3.74. The summed E-state index contributed by atoms with van der Waals surface area (Å²) in [5.41, 5.74) is 0. The molecule has 1 aliphatic heterocycles. The molecule has 1 rings (SSSR count). The summed E-state index contributed by atoms with van der Waals surface area (Å²) in [4.78, 5) is 10.6.